The fourth-order valence-electron chi connectivity index (χ4n) is 2.51. The van der Waals surface area contributed by atoms with Crippen LogP contribution in [-0.2, 0) is 0 Å². The molecular formula is C10H14N4. The first kappa shape index (κ1) is 8.17. The van der Waals surface area contributed by atoms with Crippen LogP contribution in [0.4, 0.5) is 5.82 Å². The van der Waals surface area contributed by atoms with Crippen molar-refractivity contribution in [2.75, 3.05) is 11.4 Å². The quantitative estimate of drug-likeness (QED) is 0.693. The van der Waals surface area contributed by atoms with Crippen molar-refractivity contribution in [1.82, 2.24) is 10.2 Å². The summed E-state index contributed by atoms with van der Waals surface area (Å²) in [7, 11) is 0. The van der Waals surface area contributed by atoms with E-state index in [9.17, 15) is 0 Å². The fraction of sp³-hybridized carbons (Fsp3) is 0.600. The van der Waals surface area contributed by atoms with Gasteiger partial charge in [-0.1, -0.05) is 0 Å². The summed E-state index contributed by atoms with van der Waals surface area (Å²) in [6.45, 7) is 3.10. The van der Waals surface area contributed by atoms with E-state index in [0.29, 0.717) is 18.0 Å². The zero-order chi connectivity index (χ0) is 9.71. The summed E-state index contributed by atoms with van der Waals surface area (Å²) in [5.74, 6) is 1.67. The van der Waals surface area contributed by atoms with E-state index in [1.807, 2.05) is 6.92 Å². The highest BCUT2D eigenvalue weighted by atomic mass is 15.3. The molecule has 1 aliphatic carbocycles. The molecule has 2 N–H and O–H groups in total. The molecular weight excluding hydrogens is 176 g/mol. The van der Waals surface area contributed by atoms with Gasteiger partial charge >= 0.3 is 0 Å². The molecule has 3 aliphatic rings. The van der Waals surface area contributed by atoms with Gasteiger partial charge in [0.25, 0.3) is 0 Å². The molecule has 4 nitrogen and oxygen atoms in total. The summed E-state index contributed by atoms with van der Waals surface area (Å²) in [4.78, 5) is 2.30. The highest BCUT2D eigenvalue weighted by molar-refractivity contribution is 5.46. The van der Waals surface area contributed by atoms with Crippen molar-refractivity contribution in [1.29, 1.82) is 0 Å². The van der Waals surface area contributed by atoms with E-state index in [2.05, 4.69) is 21.2 Å². The number of nitrogens with two attached hydrogens (primary N) is 1. The number of rotatable bonds is 1. The van der Waals surface area contributed by atoms with Crippen molar-refractivity contribution in [3.05, 3.63) is 17.8 Å². The molecule has 3 heterocycles. The average molecular weight is 190 g/mol. The molecule has 4 rings (SSSR count). The Kier molecular flexibility index (Phi) is 1.56. The van der Waals surface area contributed by atoms with Gasteiger partial charge in [-0.3, -0.25) is 0 Å². The number of hydrogen-bond acceptors (Lipinski definition) is 4. The van der Waals surface area contributed by atoms with Crippen LogP contribution in [0, 0.1) is 12.8 Å². The zero-order valence-electron chi connectivity index (χ0n) is 8.22. The van der Waals surface area contributed by atoms with Crippen LogP contribution in [-0.4, -0.2) is 28.8 Å². The Balaban J connectivity index is 1.90. The minimum absolute atomic E-state index is 0.359. The van der Waals surface area contributed by atoms with Crippen LogP contribution in [0.15, 0.2) is 12.3 Å². The molecule has 1 saturated carbocycles. The van der Waals surface area contributed by atoms with E-state index in [0.717, 1.165) is 17.9 Å². The van der Waals surface area contributed by atoms with Gasteiger partial charge in [-0.25, -0.2) is 0 Å². The second-order valence-electron chi connectivity index (χ2n) is 4.38. The van der Waals surface area contributed by atoms with Crippen LogP contribution in [0.5, 0.6) is 0 Å². The van der Waals surface area contributed by atoms with Crippen LogP contribution < -0.4 is 10.6 Å². The van der Waals surface area contributed by atoms with Crippen molar-refractivity contribution in [2.45, 2.75) is 25.4 Å². The van der Waals surface area contributed by atoms with Crippen LogP contribution in [0.3, 0.4) is 0 Å². The number of aryl methyl sites for hydroxylation is 1. The Morgan fingerprint density at radius 2 is 2.43 bits per heavy atom. The van der Waals surface area contributed by atoms with Gasteiger partial charge in [0, 0.05) is 18.6 Å². The maximum atomic E-state index is 6.00. The van der Waals surface area contributed by atoms with Crippen molar-refractivity contribution < 1.29 is 0 Å². The van der Waals surface area contributed by atoms with Gasteiger partial charge in [0.05, 0.1) is 6.20 Å². The maximum absolute atomic E-state index is 6.00. The summed E-state index contributed by atoms with van der Waals surface area (Å²) in [6, 6.07) is 2.95. The van der Waals surface area contributed by atoms with E-state index in [-0.39, 0.29) is 0 Å². The van der Waals surface area contributed by atoms with Gasteiger partial charge in [-0.15, -0.1) is 5.10 Å². The van der Waals surface area contributed by atoms with Gasteiger partial charge in [0.1, 0.15) is 0 Å². The van der Waals surface area contributed by atoms with Gasteiger partial charge < -0.3 is 10.6 Å². The first-order valence-electron chi connectivity index (χ1n) is 5.07. The third kappa shape index (κ3) is 0.973. The first-order chi connectivity index (χ1) is 6.75. The number of aromatic nitrogens is 2. The minimum atomic E-state index is 0.359. The van der Waals surface area contributed by atoms with Gasteiger partial charge in [-0.05, 0) is 30.9 Å². The highest BCUT2D eigenvalue weighted by Crippen LogP contribution is 2.41. The molecule has 2 aliphatic heterocycles. The average Bonchev–Trinajstić information content (AvgIpc) is 2.74. The molecule has 3 atom stereocenters. The predicted octanol–water partition coefficient (Wildman–Crippen LogP) is 0.321. The Morgan fingerprint density at radius 3 is 3.00 bits per heavy atom. The summed E-state index contributed by atoms with van der Waals surface area (Å²) >= 11 is 0. The molecule has 2 saturated heterocycles. The molecule has 74 valence electrons. The summed E-state index contributed by atoms with van der Waals surface area (Å²) in [5.41, 5.74) is 7.16. The van der Waals surface area contributed by atoms with Crippen molar-refractivity contribution in [2.24, 2.45) is 11.7 Å². The highest BCUT2D eigenvalue weighted by Gasteiger charge is 2.50. The third-order valence-corrected chi connectivity index (χ3v) is 3.44. The molecule has 3 fully saturated rings. The molecule has 0 radical (unpaired) electrons. The first-order valence-corrected chi connectivity index (χ1v) is 5.07. The summed E-state index contributed by atoms with van der Waals surface area (Å²) in [5, 5.41) is 8.13. The van der Waals surface area contributed by atoms with Gasteiger partial charge in [-0.2, -0.15) is 5.10 Å². The molecule has 0 aromatic carbocycles. The molecule has 0 amide bonds. The second kappa shape index (κ2) is 2.67. The molecule has 4 heteroatoms. The number of nitrogens with zero attached hydrogens (tertiary/aromatic N) is 3. The van der Waals surface area contributed by atoms with E-state index in [1.165, 1.54) is 6.42 Å². The SMILES string of the molecule is Cc1cnnc(N2CC3CC2C3N)c1. The normalized spacial score (nSPS) is 34.4. The van der Waals surface area contributed by atoms with Crippen LogP contribution in [0.2, 0.25) is 0 Å². The molecule has 1 aromatic rings. The van der Waals surface area contributed by atoms with E-state index >= 15 is 0 Å². The molecule has 0 spiro atoms. The van der Waals surface area contributed by atoms with Crippen molar-refractivity contribution >= 4 is 5.82 Å². The molecule has 14 heavy (non-hydrogen) atoms. The standard InChI is InChI=1S/C10H14N4/c1-6-2-9(13-12-4-6)14-5-7-3-8(14)10(7)11/h2,4,7-8,10H,3,5,11H2,1H3. The van der Waals surface area contributed by atoms with E-state index in [1.54, 1.807) is 6.20 Å². The molecule has 1 aromatic heterocycles. The zero-order valence-corrected chi connectivity index (χ0v) is 8.22. The number of hydrogen-bond donors (Lipinski definition) is 1. The molecule has 2 bridgehead atoms. The monoisotopic (exact) mass is 190 g/mol. The lowest BCUT2D eigenvalue weighted by Crippen LogP contribution is -2.49. The van der Waals surface area contributed by atoms with Crippen molar-refractivity contribution in [3.8, 4) is 0 Å². The Labute approximate surface area is 83.1 Å². The number of fused-ring (bicyclic) bond motifs is 1. The molecule has 3 unspecified atom stereocenters. The van der Waals surface area contributed by atoms with Gasteiger partial charge in [0.2, 0.25) is 0 Å². The topological polar surface area (TPSA) is 55.0 Å². The fourth-order valence-corrected chi connectivity index (χ4v) is 2.51. The minimum Gasteiger partial charge on any atom is -0.350 e. The van der Waals surface area contributed by atoms with Crippen LogP contribution >= 0.6 is 0 Å². The lowest BCUT2D eigenvalue weighted by atomic mass is 9.81. The summed E-state index contributed by atoms with van der Waals surface area (Å²) in [6.07, 6.45) is 3.01. The van der Waals surface area contributed by atoms with Crippen LogP contribution in [0.1, 0.15) is 12.0 Å². The number of anilines is 1. The smallest absolute Gasteiger partial charge is 0.151 e. The van der Waals surface area contributed by atoms with Crippen LogP contribution in [0.25, 0.3) is 0 Å². The Hall–Kier alpha value is -1.16. The van der Waals surface area contributed by atoms with E-state index < -0.39 is 0 Å². The van der Waals surface area contributed by atoms with Crippen molar-refractivity contribution in [3.63, 3.8) is 0 Å². The van der Waals surface area contributed by atoms with Gasteiger partial charge in [0.15, 0.2) is 5.82 Å². The third-order valence-electron chi connectivity index (χ3n) is 3.44. The van der Waals surface area contributed by atoms with E-state index in [4.69, 9.17) is 5.73 Å². The second-order valence-corrected chi connectivity index (χ2v) is 4.38. The Morgan fingerprint density at radius 1 is 1.57 bits per heavy atom. The summed E-state index contributed by atoms with van der Waals surface area (Å²) < 4.78 is 0. The maximum Gasteiger partial charge on any atom is 0.151 e. The Bertz CT molecular complexity index is 365. The lowest BCUT2D eigenvalue weighted by molar-refractivity contribution is 0.311. The largest absolute Gasteiger partial charge is 0.350 e. The predicted molar refractivity (Wildman–Crippen MR) is 54.0 cm³/mol. The lowest BCUT2D eigenvalue weighted by Gasteiger charge is -2.33.